The summed E-state index contributed by atoms with van der Waals surface area (Å²) in [6, 6.07) is 0. The normalized spacial score (nSPS) is 46.6. The van der Waals surface area contributed by atoms with Crippen LogP contribution in [0.2, 0.25) is 0 Å². The average Bonchev–Trinajstić information content (AvgIpc) is 2.18. The summed E-state index contributed by atoms with van der Waals surface area (Å²) in [5.74, 6) is 6.63. The second-order valence-electron chi connectivity index (χ2n) is 6.25. The predicted molar refractivity (Wildman–Crippen MR) is 66.7 cm³/mol. The molecule has 0 atom stereocenters. The first-order chi connectivity index (χ1) is 7.24. The van der Waals surface area contributed by atoms with E-state index in [0.29, 0.717) is 0 Å². The van der Waals surface area contributed by atoms with Gasteiger partial charge in [-0.25, -0.2) is 0 Å². The van der Waals surface area contributed by atoms with Crippen LogP contribution < -0.4 is 0 Å². The largest absolute Gasteiger partial charge is 0.0683 e. The Bertz CT molecular complexity index is 176. The minimum absolute atomic E-state index is 0.954. The van der Waals surface area contributed by atoms with Gasteiger partial charge in [0.05, 0.1) is 0 Å². The summed E-state index contributed by atoms with van der Waals surface area (Å²) in [6.07, 6.45) is 7.97. The molecule has 0 nitrogen and oxygen atoms in total. The van der Waals surface area contributed by atoms with E-state index in [0.717, 1.165) is 35.5 Å². The highest BCUT2D eigenvalue weighted by atomic mass is 14.5. The lowest BCUT2D eigenvalue weighted by molar-refractivity contribution is -0.0552. The standard InChI is InChI=1S/C13H22.C2H6/c1-8(2)13-11-4-9-3-10(6-11)7-12(13)5-9;1-2/h8-13H,3-7H2,1-2H3;1-2H3. The molecule has 4 aliphatic carbocycles. The van der Waals surface area contributed by atoms with Crippen LogP contribution in [0.4, 0.5) is 0 Å². The van der Waals surface area contributed by atoms with Crippen LogP contribution in [0.15, 0.2) is 0 Å². The molecule has 0 spiro atoms. The monoisotopic (exact) mass is 208 g/mol. The maximum absolute atomic E-state index is 2.45. The van der Waals surface area contributed by atoms with Crippen LogP contribution in [-0.2, 0) is 0 Å². The van der Waals surface area contributed by atoms with Gasteiger partial charge in [0.25, 0.3) is 0 Å². The van der Waals surface area contributed by atoms with Crippen LogP contribution in [0.25, 0.3) is 0 Å². The lowest BCUT2D eigenvalue weighted by Crippen LogP contribution is -2.46. The highest BCUT2D eigenvalue weighted by Gasteiger charge is 2.48. The molecular weight excluding hydrogens is 180 g/mol. The van der Waals surface area contributed by atoms with Crippen molar-refractivity contribution >= 4 is 0 Å². The van der Waals surface area contributed by atoms with E-state index in [9.17, 15) is 0 Å². The fourth-order valence-electron chi connectivity index (χ4n) is 5.06. The van der Waals surface area contributed by atoms with Gasteiger partial charge in [0, 0.05) is 0 Å². The Morgan fingerprint density at radius 1 is 0.733 bits per heavy atom. The molecule has 0 aromatic heterocycles. The van der Waals surface area contributed by atoms with E-state index < -0.39 is 0 Å². The fourth-order valence-corrected chi connectivity index (χ4v) is 5.06. The fraction of sp³-hybridized carbons (Fsp3) is 1.00. The van der Waals surface area contributed by atoms with E-state index in [1.165, 1.54) is 0 Å². The molecular formula is C15H28. The Kier molecular flexibility index (Phi) is 3.42. The summed E-state index contributed by atoms with van der Waals surface area (Å²) in [5.41, 5.74) is 0. The molecule has 88 valence electrons. The molecule has 0 amide bonds. The smallest absolute Gasteiger partial charge is 0.0334 e. The van der Waals surface area contributed by atoms with Gasteiger partial charge in [-0.1, -0.05) is 27.7 Å². The predicted octanol–water partition coefficient (Wildman–Crippen LogP) is 4.74. The van der Waals surface area contributed by atoms with Gasteiger partial charge >= 0.3 is 0 Å². The van der Waals surface area contributed by atoms with Crippen molar-refractivity contribution in [1.29, 1.82) is 0 Å². The van der Waals surface area contributed by atoms with E-state index in [2.05, 4.69) is 13.8 Å². The molecule has 0 aromatic rings. The van der Waals surface area contributed by atoms with Crippen LogP contribution in [0.1, 0.15) is 59.8 Å². The lowest BCUT2D eigenvalue weighted by atomic mass is 9.50. The van der Waals surface area contributed by atoms with Crippen LogP contribution in [0.5, 0.6) is 0 Å². The zero-order valence-electron chi connectivity index (χ0n) is 11.0. The third-order valence-corrected chi connectivity index (χ3v) is 5.07. The van der Waals surface area contributed by atoms with Crippen molar-refractivity contribution in [2.45, 2.75) is 59.8 Å². The summed E-state index contributed by atoms with van der Waals surface area (Å²) in [6.45, 7) is 8.90. The Balaban J connectivity index is 0.000000404. The molecule has 0 radical (unpaired) electrons. The van der Waals surface area contributed by atoms with Crippen molar-refractivity contribution in [2.75, 3.05) is 0 Å². The highest BCUT2D eigenvalue weighted by molar-refractivity contribution is 4.98. The van der Waals surface area contributed by atoms with Gasteiger partial charge in [-0.05, 0) is 67.6 Å². The Labute approximate surface area is 95.8 Å². The van der Waals surface area contributed by atoms with E-state index in [-0.39, 0.29) is 0 Å². The average molecular weight is 208 g/mol. The molecule has 0 heteroatoms. The lowest BCUT2D eigenvalue weighted by Gasteiger charge is -2.55. The molecule has 4 saturated carbocycles. The number of rotatable bonds is 1. The van der Waals surface area contributed by atoms with Gasteiger partial charge in [0.1, 0.15) is 0 Å². The van der Waals surface area contributed by atoms with Gasteiger partial charge in [-0.2, -0.15) is 0 Å². The quantitative estimate of drug-likeness (QED) is 0.584. The minimum atomic E-state index is 0.954. The van der Waals surface area contributed by atoms with E-state index >= 15 is 0 Å². The maximum atomic E-state index is 2.45. The van der Waals surface area contributed by atoms with Crippen LogP contribution in [0, 0.1) is 35.5 Å². The van der Waals surface area contributed by atoms with Crippen LogP contribution >= 0.6 is 0 Å². The number of hydrogen-bond acceptors (Lipinski definition) is 0. The summed E-state index contributed by atoms with van der Waals surface area (Å²) in [7, 11) is 0. The molecule has 0 aliphatic heterocycles. The summed E-state index contributed by atoms with van der Waals surface area (Å²) >= 11 is 0. The minimum Gasteiger partial charge on any atom is -0.0683 e. The highest BCUT2D eigenvalue weighted by Crippen LogP contribution is 2.58. The van der Waals surface area contributed by atoms with Crippen molar-refractivity contribution in [3.63, 3.8) is 0 Å². The molecule has 0 unspecified atom stereocenters. The second kappa shape index (κ2) is 4.47. The van der Waals surface area contributed by atoms with E-state index in [1.54, 1.807) is 32.1 Å². The second-order valence-corrected chi connectivity index (χ2v) is 6.25. The van der Waals surface area contributed by atoms with Crippen molar-refractivity contribution in [2.24, 2.45) is 35.5 Å². The summed E-state index contributed by atoms with van der Waals surface area (Å²) in [5, 5.41) is 0. The molecule has 0 aromatic carbocycles. The first-order valence-corrected chi connectivity index (χ1v) is 7.24. The topological polar surface area (TPSA) is 0 Å². The molecule has 4 rings (SSSR count). The number of hydrogen-bond donors (Lipinski definition) is 0. The first-order valence-electron chi connectivity index (χ1n) is 7.24. The molecule has 0 N–H and O–H groups in total. The zero-order chi connectivity index (χ0) is 11.0. The van der Waals surface area contributed by atoms with Gasteiger partial charge in [-0.15, -0.1) is 0 Å². The van der Waals surface area contributed by atoms with E-state index in [1.807, 2.05) is 13.8 Å². The zero-order valence-corrected chi connectivity index (χ0v) is 11.0. The Morgan fingerprint density at radius 2 is 1.13 bits per heavy atom. The van der Waals surface area contributed by atoms with Crippen LogP contribution in [-0.4, -0.2) is 0 Å². The Hall–Kier alpha value is 0. The van der Waals surface area contributed by atoms with Gasteiger partial charge in [0.15, 0.2) is 0 Å². The molecule has 15 heavy (non-hydrogen) atoms. The summed E-state index contributed by atoms with van der Waals surface area (Å²) < 4.78 is 0. The van der Waals surface area contributed by atoms with Gasteiger partial charge in [0.2, 0.25) is 0 Å². The Morgan fingerprint density at radius 3 is 1.47 bits per heavy atom. The van der Waals surface area contributed by atoms with Gasteiger partial charge in [-0.3, -0.25) is 0 Å². The van der Waals surface area contributed by atoms with E-state index in [4.69, 9.17) is 0 Å². The first kappa shape index (κ1) is 11.5. The van der Waals surface area contributed by atoms with Crippen molar-refractivity contribution in [3.8, 4) is 0 Å². The van der Waals surface area contributed by atoms with Crippen LogP contribution in [0.3, 0.4) is 0 Å². The third-order valence-electron chi connectivity index (χ3n) is 5.07. The van der Waals surface area contributed by atoms with Crippen molar-refractivity contribution in [1.82, 2.24) is 0 Å². The summed E-state index contributed by atoms with van der Waals surface area (Å²) in [4.78, 5) is 0. The SMILES string of the molecule is CC.CC(C)C1C2CC3CC(C2)CC1C3. The molecule has 4 fully saturated rings. The molecule has 4 bridgehead atoms. The van der Waals surface area contributed by atoms with Gasteiger partial charge < -0.3 is 0 Å². The van der Waals surface area contributed by atoms with Crippen molar-refractivity contribution < 1.29 is 0 Å². The molecule has 4 aliphatic rings. The maximum Gasteiger partial charge on any atom is -0.0334 e. The third kappa shape index (κ3) is 1.97. The molecule has 0 saturated heterocycles. The van der Waals surface area contributed by atoms with Crippen molar-refractivity contribution in [3.05, 3.63) is 0 Å². The molecule has 0 heterocycles.